The van der Waals surface area contributed by atoms with Crippen LogP contribution in [0.2, 0.25) is 0 Å². The van der Waals surface area contributed by atoms with Gasteiger partial charge in [-0.05, 0) is 68.5 Å². The van der Waals surface area contributed by atoms with Gasteiger partial charge in [0.1, 0.15) is 5.75 Å². The van der Waals surface area contributed by atoms with Gasteiger partial charge in [0, 0.05) is 11.5 Å². The Hall–Kier alpha value is -1.02. The van der Waals surface area contributed by atoms with Crippen LogP contribution in [0.4, 0.5) is 0 Å². The number of likely N-dealkylation sites (N-methyl/N-ethyl adjacent to an activating group) is 1. The molecule has 1 aromatic carbocycles. The topological polar surface area (TPSA) is 23.5 Å². The van der Waals surface area contributed by atoms with Crippen molar-refractivity contribution in [2.45, 2.75) is 50.0 Å². The van der Waals surface area contributed by atoms with Crippen molar-refractivity contribution in [2.24, 2.45) is 5.92 Å². The maximum Gasteiger partial charge on any atom is 0.115 e. The zero-order valence-electron chi connectivity index (χ0n) is 11.7. The van der Waals surface area contributed by atoms with Gasteiger partial charge in [0.15, 0.2) is 0 Å². The Bertz CT molecular complexity index is 512. The summed E-state index contributed by atoms with van der Waals surface area (Å²) in [7, 11) is 2.30. The molecule has 2 heteroatoms. The van der Waals surface area contributed by atoms with Gasteiger partial charge in [-0.1, -0.05) is 18.9 Å². The first kappa shape index (κ1) is 11.8. The molecular weight excluding hydrogens is 234 g/mol. The quantitative estimate of drug-likeness (QED) is 0.772. The van der Waals surface area contributed by atoms with Gasteiger partial charge >= 0.3 is 0 Å². The van der Waals surface area contributed by atoms with Crippen molar-refractivity contribution in [3.63, 3.8) is 0 Å². The average Bonchev–Trinajstić information content (AvgIpc) is 2.43. The Morgan fingerprint density at radius 3 is 3.05 bits per heavy atom. The largest absolute Gasteiger partial charge is 0.508 e. The molecule has 0 amide bonds. The molecule has 1 aromatic rings. The molecule has 3 aliphatic rings. The fourth-order valence-electron chi connectivity index (χ4n) is 5.18. The lowest BCUT2D eigenvalue weighted by molar-refractivity contribution is 0.00274. The number of piperidine rings is 1. The maximum atomic E-state index is 9.91. The molecule has 3 atom stereocenters. The van der Waals surface area contributed by atoms with Gasteiger partial charge in [-0.25, -0.2) is 0 Å². The number of phenolic OH excluding ortho intramolecular Hbond substituents is 1. The van der Waals surface area contributed by atoms with E-state index in [1.807, 2.05) is 6.07 Å². The van der Waals surface area contributed by atoms with Crippen molar-refractivity contribution in [1.29, 1.82) is 0 Å². The van der Waals surface area contributed by atoms with Crippen LogP contribution < -0.4 is 0 Å². The molecule has 2 nitrogen and oxygen atoms in total. The van der Waals surface area contributed by atoms with Crippen LogP contribution >= 0.6 is 0 Å². The minimum atomic E-state index is 0.377. The Morgan fingerprint density at radius 1 is 1.26 bits per heavy atom. The molecule has 1 N–H and O–H groups in total. The van der Waals surface area contributed by atoms with Crippen molar-refractivity contribution in [1.82, 2.24) is 4.90 Å². The normalized spacial score (nSPS) is 37.5. The number of aromatic hydroxyl groups is 1. The second-order valence-corrected chi connectivity index (χ2v) is 6.85. The molecule has 0 radical (unpaired) electrons. The van der Waals surface area contributed by atoms with Crippen molar-refractivity contribution < 1.29 is 5.11 Å². The van der Waals surface area contributed by atoms with E-state index in [4.69, 9.17) is 0 Å². The summed E-state index contributed by atoms with van der Waals surface area (Å²) in [6, 6.07) is 6.85. The summed E-state index contributed by atoms with van der Waals surface area (Å²) in [6.45, 7) is 1.22. The molecule has 4 rings (SSSR count). The highest BCUT2D eigenvalue weighted by molar-refractivity contribution is 5.45. The summed E-state index contributed by atoms with van der Waals surface area (Å²) in [5.74, 6) is 1.27. The molecule has 0 aromatic heterocycles. The van der Waals surface area contributed by atoms with E-state index in [2.05, 4.69) is 24.1 Å². The van der Waals surface area contributed by atoms with Crippen molar-refractivity contribution in [3.8, 4) is 5.75 Å². The summed E-state index contributed by atoms with van der Waals surface area (Å²) in [5.41, 5.74) is 3.36. The van der Waals surface area contributed by atoms with Crippen molar-refractivity contribution in [3.05, 3.63) is 29.3 Å². The first-order chi connectivity index (χ1) is 9.21. The van der Waals surface area contributed by atoms with E-state index in [1.165, 1.54) is 56.2 Å². The van der Waals surface area contributed by atoms with Crippen LogP contribution in [-0.2, 0) is 11.8 Å². The van der Waals surface area contributed by atoms with Crippen LogP contribution in [0.25, 0.3) is 0 Å². The van der Waals surface area contributed by atoms with Crippen molar-refractivity contribution in [2.75, 3.05) is 13.6 Å². The Balaban J connectivity index is 1.90. The SMILES string of the molecule is CN1CC[C@]23CCCC[C@H]2[C@@H]1Cc1ccc(O)cc13. The van der Waals surface area contributed by atoms with E-state index in [0.717, 1.165) is 12.0 Å². The van der Waals surface area contributed by atoms with Crippen LogP contribution in [0.15, 0.2) is 18.2 Å². The predicted octanol–water partition coefficient (Wildman–Crippen LogP) is 3.08. The van der Waals surface area contributed by atoms with Crippen LogP contribution in [0.5, 0.6) is 5.75 Å². The minimum absolute atomic E-state index is 0.377. The summed E-state index contributed by atoms with van der Waals surface area (Å²) >= 11 is 0. The molecule has 0 unspecified atom stereocenters. The molecule has 1 saturated heterocycles. The van der Waals surface area contributed by atoms with Crippen LogP contribution in [0.1, 0.15) is 43.2 Å². The van der Waals surface area contributed by atoms with E-state index in [1.54, 1.807) is 0 Å². The monoisotopic (exact) mass is 257 g/mol. The fraction of sp³-hybridized carbons (Fsp3) is 0.647. The highest BCUT2D eigenvalue weighted by Crippen LogP contribution is 2.55. The summed E-state index contributed by atoms with van der Waals surface area (Å²) in [5, 5.41) is 9.91. The number of likely N-dealkylation sites (tertiary alicyclic amines) is 1. The average molecular weight is 257 g/mol. The van der Waals surface area contributed by atoms with E-state index < -0.39 is 0 Å². The van der Waals surface area contributed by atoms with Crippen LogP contribution in [0, 0.1) is 5.92 Å². The second-order valence-electron chi connectivity index (χ2n) is 6.85. The third kappa shape index (κ3) is 1.53. The molecule has 2 aliphatic carbocycles. The number of fused-ring (bicyclic) bond motifs is 1. The van der Waals surface area contributed by atoms with E-state index in [0.29, 0.717) is 11.2 Å². The molecule has 2 bridgehead atoms. The molecule has 0 spiro atoms. The lowest BCUT2D eigenvalue weighted by Gasteiger charge is -2.58. The third-order valence-corrected chi connectivity index (χ3v) is 6.10. The van der Waals surface area contributed by atoms with Gasteiger partial charge in [-0.3, -0.25) is 0 Å². The summed E-state index contributed by atoms with van der Waals surface area (Å²) in [4.78, 5) is 2.59. The Labute approximate surface area is 115 Å². The van der Waals surface area contributed by atoms with Gasteiger partial charge in [0.05, 0.1) is 0 Å². The number of hydrogen-bond acceptors (Lipinski definition) is 2. The number of benzene rings is 1. The molecule has 1 aliphatic heterocycles. The molecule has 19 heavy (non-hydrogen) atoms. The number of phenols is 1. The lowest BCUT2D eigenvalue weighted by Crippen LogP contribution is -2.59. The predicted molar refractivity (Wildman–Crippen MR) is 76.5 cm³/mol. The number of nitrogens with zero attached hydrogens (tertiary/aromatic N) is 1. The molecule has 102 valence electrons. The number of hydrogen-bond donors (Lipinski definition) is 1. The highest BCUT2D eigenvalue weighted by Gasteiger charge is 2.52. The van der Waals surface area contributed by atoms with E-state index in [-0.39, 0.29) is 0 Å². The summed E-state index contributed by atoms with van der Waals surface area (Å²) in [6.07, 6.45) is 7.93. The molecule has 2 fully saturated rings. The van der Waals surface area contributed by atoms with E-state index >= 15 is 0 Å². The maximum absolute atomic E-state index is 9.91. The van der Waals surface area contributed by atoms with Gasteiger partial charge in [-0.2, -0.15) is 0 Å². The Morgan fingerprint density at radius 2 is 2.16 bits per heavy atom. The lowest BCUT2D eigenvalue weighted by atomic mass is 9.52. The third-order valence-electron chi connectivity index (χ3n) is 6.10. The first-order valence-corrected chi connectivity index (χ1v) is 7.73. The zero-order chi connectivity index (χ0) is 13.0. The highest BCUT2D eigenvalue weighted by atomic mass is 16.3. The van der Waals surface area contributed by atoms with Gasteiger partial charge < -0.3 is 10.0 Å². The minimum Gasteiger partial charge on any atom is -0.508 e. The molecular formula is C17H23NO. The first-order valence-electron chi connectivity index (χ1n) is 7.73. The zero-order valence-corrected chi connectivity index (χ0v) is 11.7. The summed E-state index contributed by atoms with van der Waals surface area (Å²) < 4.78 is 0. The van der Waals surface area contributed by atoms with Gasteiger partial charge in [0.2, 0.25) is 0 Å². The molecule has 1 heterocycles. The smallest absolute Gasteiger partial charge is 0.115 e. The second kappa shape index (κ2) is 3.99. The molecule has 1 saturated carbocycles. The van der Waals surface area contributed by atoms with Gasteiger partial charge in [0.25, 0.3) is 0 Å². The van der Waals surface area contributed by atoms with E-state index in [9.17, 15) is 5.11 Å². The van der Waals surface area contributed by atoms with Crippen LogP contribution in [-0.4, -0.2) is 29.6 Å². The standard InChI is InChI=1S/C17H23NO/c1-18-9-8-17-7-3-2-4-14(17)16(18)10-12-5-6-13(19)11-15(12)17/h5-6,11,14,16,19H,2-4,7-10H2,1H3/t14-,16-,17+/m0/s1. The van der Waals surface area contributed by atoms with Crippen LogP contribution in [0.3, 0.4) is 0 Å². The fourth-order valence-corrected chi connectivity index (χ4v) is 5.18. The van der Waals surface area contributed by atoms with Gasteiger partial charge in [-0.15, -0.1) is 0 Å². The number of rotatable bonds is 0. The Kier molecular flexibility index (Phi) is 2.47. The van der Waals surface area contributed by atoms with Crippen molar-refractivity contribution >= 4 is 0 Å².